The SMILES string of the molecule is Cc1nn2cccnc2c1C(=O)N[C@@H](C)c1nc2ccccc2c(=O)n1-c1ccccc1. The van der Waals surface area contributed by atoms with Crippen LogP contribution in [0.5, 0.6) is 0 Å². The van der Waals surface area contributed by atoms with Crippen LogP contribution in [-0.4, -0.2) is 30.1 Å². The molecule has 1 amide bonds. The Morgan fingerprint density at radius 3 is 2.59 bits per heavy atom. The van der Waals surface area contributed by atoms with Gasteiger partial charge in [-0.2, -0.15) is 5.10 Å². The molecule has 1 atom stereocenters. The van der Waals surface area contributed by atoms with Crippen molar-refractivity contribution in [1.82, 2.24) is 29.5 Å². The number of fused-ring (bicyclic) bond motifs is 2. The van der Waals surface area contributed by atoms with E-state index in [0.29, 0.717) is 39.3 Å². The van der Waals surface area contributed by atoms with Crippen LogP contribution in [0.1, 0.15) is 34.8 Å². The lowest BCUT2D eigenvalue weighted by Crippen LogP contribution is -2.33. The number of para-hydroxylation sites is 2. The Labute approximate surface area is 183 Å². The maximum absolute atomic E-state index is 13.4. The fourth-order valence-electron chi connectivity index (χ4n) is 3.86. The molecular weight excluding hydrogens is 404 g/mol. The Kier molecular flexibility index (Phi) is 4.74. The minimum Gasteiger partial charge on any atom is -0.342 e. The van der Waals surface area contributed by atoms with Gasteiger partial charge < -0.3 is 5.32 Å². The van der Waals surface area contributed by atoms with E-state index in [2.05, 4.69) is 15.4 Å². The van der Waals surface area contributed by atoms with Crippen LogP contribution in [0.2, 0.25) is 0 Å². The van der Waals surface area contributed by atoms with Crippen LogP contribution in [0, 0.1) is 6.92 Å². The molecule has 0 saturated heterocycles. The first-order valence-corrected chi connectivity index (χ1v) is 10.2. The molecule has 0 saturated carbocycles. The molecule has 3 heterocycles. The Morgan fingerprint density at radius 1 is 1.03 bits per heavy atom. The first-order valence-electron chi connectivity index (χ1n) is 10.2. The molecule has 3 aromatic heterocycles. The van der Waals surface area contributed by atoms with E-state index in [-0.39, 0.29) is 11.5 Å². The largest absolute Gasteiger partial charge is 0.342 e. The van der Waals surface area contributed by atoms with Crippen molar-refractivity contribution >= 4 is 22.5 Å². The normalized spacial score (nSPS) is 12.2. The second-order valence-electron chi connectivity index (χ2n) is 7.51. The Hall–Kier alpha value is -4.33. The van der Waals surface area contributed by atoms with Crippen LogP contribution >= 0.6 is 0 Å². The molecule has 158 valence electrons. The molecule has 32 heavy (non-hydrogen) atoms. The van der Waals surface area contributed by atoms with E-state index in [1.165, 1.54) is 0 Å². The van der Waals surface area contributed by atoms with Crippen molar-refractivity contribution in [3.8, 4) is 5.69 Å². The van der Waals surface area contributed by atoms with E-state index in [1.54, 1.807) is 46.6 Å². The number of hydrogen-bond donors (Lipinski definition) is 1. The number of carbonyl (C=O) groups excluding carboxylic acids is 1. The Morgan fingerprint density at radius 2 is 1.78 bits per heavy atom. The van der Waals surface area contributed by atoms with E-state index in [0.717, 1.165) is 0 Å². The number of carbonyl (C=O) groups is 1. The smallest absolute Gasteiger partial charge is 0.266 e. The fraction of sp³-hybridized carbons (Fsp3) is 0.125. The van der Waals surface area contributed by atoms with Crippen molar-refractivity contribution in [2.24, 2.45) is 0 Å². The van der Waals surface area contributed by atoms with Gasteiger partial charge >= 0.3 is 0 Å². The number of benzene rings is 2. The molecule has 1 N–H and O–H groups in total. The summed E-state index contributed by atoms with van der Waals surface area (Å²) < 4.78 is 3.12. The summed E-state index contributed by atoms with van der Waals surface area (Å²) in [5.41, 5.74) is 2.51. The van der Waals surface area contributed by atoms with Gasteiger partial charge in [0.05, 0.1) is 28.3 Å². The average Bonchev–Trinajstić information content (AvgIpc) is 3.15. The maximum atomic E-state index is 13.4. The van der Waals surface area contributed by atoms with Crippen LogP contribution in [0.3, 0.4) is 0 Å². The Bertz CT molecular complexity index is 1520. The number of amides is 1. The molecule has 2 aromatic carbocycles. The van der Waals surface area contributed by atoms with Crippen molar-refractivity contribution in [3.05, 3.63) is 100 Å². The maximum Gasteiger partial charge on any atom is 0.266 e. The summed E-state index contributed by atoms with van der Waals surface area (Å²) in [6.07, 6.45) is 3.36. The van der Waals surface area contributed by atoms with Gasteiger partial charge in [0.1, 0.15) is 11.4 Å². The van der Waals surface area contributed by atoms with Gasteiger partial charge in [-0.3, -0.25) is 14.2 Å². The molecule has 0 bridgehead atoms. The van der Waals surface area contributed by atoms with E-state index in [4.69, 9.17) is 4.98 Å². The molecule has 0 unspecified atom stereocenters. The van der Waals surface area contributed by atoms with Gasteiger partial charge in [0.2, 0.25) is 0 Å². The topological polar surface area (TPSA) is 94.2 Å². The van der Waals surface area contributed by atoms with Crippen LogP contribution < -0.4 is 10.9 Å². The monoisotopic (exact) mass is 424 g/mol. The summed E-state index contributed by atoms with van der Waals surface area (Å²) >= 11 is 0. The third-order valence-electron chi connectivity index (χ3n) is 5.35. The van der Waals surface area contributed by atoms with E-state index < -0.39 is 6.04 Å². The summed E-state index contributed by atoms with van der Waals surface area (Å²) in [6, 6.07) is 17.7. The zero-order valence-electron chi connectivity index (χ0n) is 17.6. The first kappa shape index (κ1) is 19.6. The summed E-state index contributed by atoms with van der Waals surface area (Å²) in [7, 11) is 0. The summed E-state index contributed by atoms with van der Waals surface area (Å²) in [5.74, 6) is 0.112. The summed E-state index contributed by atoms with van der Waals surface area (Å²) in [6.45, 7) is 3.57. The number of aromatic nitrogens is 5. The third kappa shape index (κ3) is 3.22. The highest BCUT2D eigenvalue weighted by Gasteiger charge is 2.23. The second kappa shape index (κ2) is 7.73. The van der Waals surface area contributed by atoms with Gasteiger partial charge in [-0.1, -0.05) is 30.3 Å². The van der Waals surface area contributed by atoms with Crippen molar-refractivity contribution < 1.29 is 4.79 Å². The zero-order valence-corrected chi connectivity index (χ0v) is 17.6. The fourth-order valence-corrected chi connectivity index (χ4v) is 3.86. The molecule has 8 nitrogen and oxygen atoms in total. The van der Waals surface area contributed by atoms with Crippen molar-refractivity contribution in [2.45, 2.75) is 19.9 Å². The van der Waals surface area contributed by atoms with E-state index >= 15 is 0 Å². The third-order valence-corrected chi connectivity index (χ3v) is 5.35. The second-order valence-corrected chi connectivity index (χ2v) is 7.51. The Balaban J connectivity index is 1.61. The van der Waals surface area contributed by atoms with Crippen LogP contribution in [0.25, 0.3) is 22.2 Å². The minimum atomic E-state index is -0.557. The van der Waals surface area contributed by atoms with Crippen molar-refractivity contribution in [1.29, 1.82) is 0 Å². The molecule has 0 aliphatic rings. The standard InChI is InChI=1S/C24H20N6O2/c1-15-20(22-25-13-8-14-29(22)28-15)23(31)26-16(2)21-27-19-12-7-6-11-18(19)24(32)30(21)17-9-4-3-5-10-17/h3-14,16H,1-2H3,(H,26,31)/t16-/m0/s1. The highest BCUT2D eigenvalue weighted by atomic mass is 16.2. The van der Waals surface area contributed by atoms with Gasteiger partial charge in [-0.05, 0) is 44.2 Å². The summed E-state index contributed by atoms with van der Waals surface area (Å²) in [5, 5.41) is 7.85. The number of rotatable bonds is 4. The average molecular weight is 424 g/mol. The molecule has 0 fully saturated rings. The van der Waals surface area contributed by atoms with Crippen LogP contribution in [0.15, 0.2) is 77.9 Å². The van der Waals surface area contributed by atoms with E-state index in [1.807, 2.05) is 49.4 Å². The van der Waals surface area contributed by atoms with Gasteiger partial charge in [-0.25, -0.2) is 14.5 Å². The first-order chi connectivity index (χ1) is 15.5. The quantitative estimate of drug-likeness (QED) is 0.478. The predicted molar refractivity (Wildman–Crippen MR) is 121 cm³/mol. The van der Waals surface area contributed by atoms with Crippen molar-refractivity contribution in [2.75, 3.05) is 0 Å². The zero-order chi connectivity index (χ0) is 22.2. The lowest BCUT2D eigenvalue weighted by Gasteiger charge is -2.19. The molecule has 0 spiro atoms. The number of nitrogens with zero attached hydrogens (tertiary/aromatic N) is 5. The lowest BCUT2D eigenvalue weighted by atomic mass is 10.1. The number of hydrogen-bond acceptors (Lipinski definition) is 5. The molecule has 5 rings (SSSR count). The van der Waals surface area contributed by atoms with Gasteiger partial charge in [0.25, 0.3) is 11.5 Å². The molecule has 0 aliphatic carbocycles. The minimum absolute atomic E-state index is 0.188. The molecular formula is C24H20N6O2. The number of aryl methyl sites for hydroxylation is 1. The number of nitrogens with one attached hydrogen (secondary N) is 1. The molecule has 0 aliphatic heterocycles. The highest BCUT2D eigenvalue weighted by molar-refractivity contribution is 6.01. The van der Waals surface area contributed by atoms with Crippen LogP contribution in [-0.2, 0) is 0 Å². The van der Waals surface area contributed by atoms with Crippen LogP contribution in [0.4, 0.5) is 0 Å². The highest BCUT2D eigenvalue weighted by Crippen LogP contribution is 2.20. The van der Waals surface area contributed by atoms with Gasteiger partial charge in [0.15, 0.2) is 5.65 Å². The lowest BCUT2D eigenvalue weighted by molar-refractivity contribution is 0.0938. The van der Waals surface area contributed by atoms with Gasteiger partial charge in [-0.15, -0.1) is 0 Å². The van der Waals surface area contributed by atoms with Gasteiger partial charge in [0, 0.05) is 12.4 Å². The molecule has 0 radical (unpaired) electrons. The molecule has 5 aromatic rings. The molecule has 8 heteroatoms. The van der Waals surface area contributed by atoms with Crippen molar-refractivity contribution in [3.63, 3.8) is 0 Å². The predicted octanol–water partition coefficient (Wildman–Crippen LogP) is 3.23. The summed E-state index contributed by atoms with van der Waals surface area (Å²) in [4.78, 5) is 35.6. The van der Waals surface area contributed by atoms with E-state index in [9.17, 15) is 9.59 Å².